The first-order chi connectivity index (χ1) is 6.76. The molecular weight excluding hydrogens is 170 g/mol. The smallest absolute Gasteiger partial charge is 0.00388 e. The molecule has 1 aromatic rings. The van der Waals surface area contributed by atoms with Crippen LogP contribution in [-0.2, 0) is 12.8 Å². The monoisotopic (exact) mass is 191 g/mol. The van der Waals surface area contributed by atoms with Gasteiger partial charge < -0.3 is 5.32 Å². The molecule has 0 radical (unpaired) electrons. The zero-order chi connectivity index (χ0) is 10.4. The summed E-state index contributed by atoms with van der Waals surface area (Å²) in [5.41, 5.74) is 2.87. The molecule has 14 heavy (non-hydrogen) atoms. The lowest BCUT2D eigenvalue weighted by molar-refractivity contribution is 0.565. The van der Waals surface area contributed by atoms with Crippen molar-refractivity contribution >= 4 is 0 Å². The highest BCUT2D eigenvalue weighted by atomic mass is 14.8. The molecule has 1 nitrogen and oxygen atoms in total. The number of hydrogen-bond donors (Lipinski definition) is 1. The minimum absolute atomic E-state index is 0.612. The lowest BCUT2D eigenvalue weighted by Crippen LogP contribution is -2.21. The summed E-state index contributed by atoms with van der Waals surface area (Å²) in [7, 11) is 2.02. The van der Waals surface area contributed by atoms with E-state index in [0.29, 0.717) is 6.04 Å². The minimum atomic E-state index is 0.612. The second-order valence-electron chi connectivity index (χ2n) is 3.90. The number of rotatable bonds is 5. The van der Waals surface area contributed by atoms with E-state index in [1.807, 2.05) is 7.05 Å². The van der Waals surface area contributed by atoms with Crippen LogP contribution in [0.5, 0.6) is 0 Å². The molecule has 1 aromatic carbocycles. The quantitative estimate of drug-likeness (QED) is 0.754. The summed E-state index contributed by atoms with van der Waals surface area (Å²) >= 11 is 0. The SMILES string of the molecule is CCc1ccc(CCC(C)NC)cc1. The van der Waals surface area contributed by atoms with Crippen molar-refractivity contribution in [2.24, 2.45) is 0 Å². The molecule has 78 valence electrons. The highest BCUT2D eigenvalue weighted by Gasteiger charge is 1.99. The lowest BCUT2D eigenvalue weighted by Gasteiger charge is -2.09. The molecule has 1 N–H and O–H groups in total. The molecule has 0 aromatic heterocycles. The van der Waals surface area contributed by atoms with E-state index >= 15 is 0 Å². The zero-order valence-electron chi connectivity index (χ0n) is 9.51. The molecule has 0 saturated carbocycles. The van der Waals surface area contributed by atoms with Crippen LogP contribution in [0.4, 0.5) is 0 Å². The molecule has 1 rings (SSSR count). The normalized spacial score (nSPS) is 12.8. The summed E-state index contributed by atoms with van der Waals surface area (Å²) in [5.74, 6) is 0. The Morgan fingerprint density at radius 2 is 1.71 bits per heavy atom. The first-order valence-electron chi connectivity index (χ1n) is 5.51. The summed E-state index contributed by atoms with van der Waals surface area (Å²) < 4.78 is 0. The minimum Gasteiger partial charge on any atom is -0.317 e. The van der Waals surface area contributed by atoms with Crippen molar-refractivity contribution in [2.45, 2.75) is 39.2 Å². The first kappa shape index (κ1) is 11.3. The van der Waals surface area contributed by atoms with Crippen molar-refractivity contribution in [1.29, 1.82) is 0 Å². The van der Waals surface area contributed by atoms with E-state index in [4.69, 9.17) is 0 Å². The third-order valence-corrected chi connectivity index (χ3v) is 2.79. The maximum Gasteiger partial charge on any atom is 0.00388 e. The van der Waals surface area contributed by atoms with E-state index in [-0.39, 0.29) is 0 Å². The van der Waals surface area contributed by atoms with E-state index in [1.165, 1.54) is 24.0 Å². The predicted octanol–water partition coefficient (Wildman–Crippen LogP) is 2.79. The summed E-state index contributed by atoms with van der Waals surface area (Å²) in [5, 5.41) is 3.26. The summed E-state index contributed by atoms with van der Waals surface area (Å²) in [6, 6.07) is 9.59. The Kier molecular flexibility index (Phi) is 4.68. The molecule has 1 unspecified atom stereocenters. The van der Waals surface area contributed by atoms with Gasteiger partial charge in [-0.05, 0) is 44.4 Å². The van der Waals surface area contributed by atoms with E-state index in [2.05, 4.69) is 43.4 Å². The lowest BCUT2D eigenvalue weighted by atomic mass is 10.0. The molecule has 0 aliphatic carbocycles. The van der Waals surface area contributed by atoms with Gasteiger partial charge >= 0.3 is 0 Å². The van der Waals surface area contributed by atoms with Gasteiger partial charge in [0.2, 0.25) is 0 Å². The number of aryl methyl sites for hydroxylation is 2. The van der Waals surface area contributed by atoms with Crippen LogP contribution in [0.2, 0.25) is 0 Å². The highest BCUT2D eigenvalue weighted by Crippen LogP contribution is 2.08. The van der Waals surface area contributed by atoms with E-state index < -0.39 is 0 Å². The number of nitrogens with one attached hydrogen (secondary N) is 1. The topological polar surface area (TPSA) is 12.0 Å². The van der Waals surface area contributed by atoms with Crippen molar-refractivity contribution in [3.63, 3.8) is 0 Å². The molecule has 0 amide bonds. The largest absolute Gasteiger partial charge is 0.317 e. The van der Waals surface area contributed by atoms with E-state index in [0.717, 1.165) is 6.42 Å². The molecule has 0 bridgehead atoms. The van der Waals surface area contributed by atoms with E-state index in [9.17, 15) is 0 Å². The Bertz CT molecular complexity index is 250. The molecular formula is C13H21N. The van der Waals surface area contributed by atoms with Crippen molar-refractivity contribution in [1.82, 2.24) is 5.32 Å². The van der Waals surface area contributed by atoms with Crippen molar-refractivity contribution in [3.8, 4) is 0 Å². The third-order valence-electron chi connectivity index (χ3n) is 2.79. The van der Waals surface area contributed by atoms with Gasteiger partial charge in [-0.2, -0.15) is 0 Å². The van der Waals surface area contributed by atoms with Crippen LogP contribution < -0.4 is 5.32 Å². The second-order valence-corrected chi connectivity index (χ2v) is 3.90. The third kappa shape index (κ3) is 3.51. The highest BCUT2D eigenvalue weighted by molar-refractivity contribution is 5.22. The summed E-state index contributed by atoms with van der Waals surface area (Å²) in [4.78, 5) is 0. The van der Waals surface area contributed by atoms with Gasteiger partial charge in [0.15, 0.2) is 0 Å². The molecule has 0 heterocycles. The second kappa shape index (κ2) is 5.82. The van der Waals surface area contributed by atoms with Gasteiger partial charge in [-0.15, -0.1) is 0 Å². The van der Waals surface area contributed by atoms with Crippen LogP contribution in [-0.4, -0.2) is 13.1 Å². The Hall–Kier alpha value is -0.820. The van der Waals surface area contributed by atoms with Crippen LogP contribution in [0.25, 0.3) is 0 Å². The van der Waals surface area contributed by atoms with Gasteiger partial charge in [-0.3, -0.25) is 0 Å². The fourth-order valence-corrected chi connectivity index (χ4v) is 1.47. The Morgan fingerprint density at radius 1 is 1.14 bits per heavy atom. The van der Waals surface area contributed by atoms with Crippen molar-refractivity contribution in [2.75, 3.05) is 7.05 Å². The van der Waals surface area contributed by atoms with Gasteiger partial charge in [0, 0.05) is 6.04 Å². The van der Waals surface area contributed by atoms with Crippen LogP contribution >= 0.6 is 0 Å². The molecule has 1 heteroatoms. The zero-order valence-corrected chi connectivity index (χ0v) is 9.51. The van der Waals surface area contributed by atoms with Gasteiger partial charge in [-0.1, -0.05) is 31.2 Å². The van der Waals surface area contributed by atoms with Crippen molar-refractivity contribution < 1.29 is 0 Å². The molecule has 0 aliphatic rings. The number of benzene rings is 1. The fourth-order valence-electron chi connectivity index (χ4n) is 1.47. The van der Waals surface area contributed by atoms with Crippen LogP contribution in [0.1, 0.15) is 31.4 Å². The predicted molar refractivity (Wildman–Crippen MR) is 62.7 cm³/mol. The van der Waals surface area contributed by atoms with E-state index in [1.54, 1.807) is 0 Å². The Morgan fingerprint density at radius 3 is 2.21 bits per heavy atom. The van der Waals surface area contributed by atoms with Crippen LogP contribution in [0, 0.1) is 0 Å². The van der Waals surface area contributed by atoms with Gasteiger partial charge in [0.1, 0.15) is 0 Å². The first-order valence-corrected chi connectivity index (χ1v) is 5.51. The van der Waals surface area contributed by atoms with Gasteiger partial charge in [0.25, 0.3) is 0 Å². The standard InChI is InChI=1S/C13H21N/c1-4-12-7-9-13(10-8-12)6-5-11(2)14-3/h7-11,14H,4-6H2,1-3H3. The number of hydrogen-bond acceptors (Lipinski definition) is 1. The maximum absolute atomic E-state index is 3.26. The van der Waals surface area contributed by atoms with Crippen LogP contribution in [0.15, 0.2) is 24.3 Å². The Balaban J connectivity index is 2.43. The van der Waals surface area contributed by atoms with Crippen molar-refractivity contribution in [3.05, 3.63) is 35.4 Å². The Labute approximate surface area is 87.5 Å². The molecule has 0 saturated heterocycles. The molecule has 0 spiro atoms. The summed E-state index contributed by atoms with van der Waals surface area (Å²) in [6.07, 6.45) is 3.52. The maximum atomic E-state index is 3.26. The molecule has 0 aliphatic heterocycles. The fraction of sp³-hybridized carbons (Fsp3) is 0.538. The van der Waals surface area contributed by atoms with Gasteiger partial charge in [-0.25, -0.2) is 0 Å². The van der Waals surface area contributed by atoms with Crippen LogP contribution in [0.3, 0.4) is 0 Å². The summed E-state index contributed by atoms with van der Waals surface area (Å²) in [6.45, 7) is 4.42. The molecule has 0 fully saturated rings. The van der Waals surface area contributed by atoms with Gasteiger partial charge in [0.05, 0.1) is 0 Å². The molecule has 1 atom stereocenters. The average molecular weight is 191 g/mol. The average Bonchev–Trinajstić information content (AvgIpc) is 2.26.